The molecular weight excluding hydrogens is 390 g/mol. The average Bonchev–Trinajstić information content (AvgIpc) is 2.69. The molecule has 29 heavy (non-hydrogen) atoms. The van der Waals surface area contributed by atoms with Crippen molar-refractivity contribution in [1.29, 1.82) is 0 Å². The highest BCUT2D eigenvalue weighted by atomic mass is 32.2. The van der Waals surface area contributed by atoms with Crippen molar-refractivity contribution in [3.8, 4) is 0 Å². The number of hydrogen-bond donors (Lipinski definition) is 1. The molecule has 1 N–H and O–H groups in total. The van der Waals surface area contributed by atoms with Gasteiger partial charge in [0.15, 0.2) is 0 Å². The molecule has 2 fully saturated rings. The maximum absolute atomic E-state index is 12.9. The first-order valence-electron chi connectivity index (χ1n) is 10.6. The molecule has 1 amide bonds. The molecule has 2 saturated heterocycles. The Bertz CT molecular complexity index is 779. The van der Waals surface area contributed by atoms with Gasteiger partial charge in [-0.05, 0) is 63.9 Å². The first-order chi connectivity index (χ1) is 13.8. The second-order valence-electron chi connectivity index (χ2n) is 8.19. The lowest BCUT2D eigenvalue weighted by Gasteiger charge is -2.34. The van der Waals surface area contributed by atoms with E-state index in [1.54, 1.807) is 12.1 Å². The second-order valence-corrected chi connectivity index (χ2v) is 10.1. The first-order valence-corrected chi connectivity index (χ1v) is 12.0. The molecule has 2 aliphatic heterocycles. The lowest BCUT2D eigenvalue weighted by molar-refractivity contribution is -0.0440. The van der Waals surface area contributed by atoms with Crippen LogP contribution in [0.5, 0.6) is 0 Å². The molecule has 0 aliphatic carbocycles. The van der Waals surface area contributed by atoms with Crippen LogP contribution in [0.1, 0.15) is 50.4 Å². The minimum Gasteiger partial charge on any atom is -0.373 e. The number of piperidine rings is 1. The Morgan fingerprint density at radius 2 is 1.69 bits per heavy atom. The van der Waals surface area contributed by atoms with Crippen molar-refractivity contribution in [2.75, 3.05) is 32.7 Å². The van der Waals surface area contributed by atoms with Gasteiger partial charge in [-0.25, -0.2) is 8.42 Å². The fourth-order valence-electron chi connectivity index (χ4n) is 4.14. The summed E-state index contributed by atoms with van der Waals surface area (Å²) in [5, 5.41) is 3.09. The van der Waals surface area contributed by atoms with Crippen molar-refractivity contribution in [3.63, 3.8) is 0 Å². The van der Waals surface area contributed by atoms with Gasteiger partial charge in [0.2, 0.25) is 10.0 Å². The molecule has 0 spiro atoms. The van der Waals surface area contributed by atoms with Crippen LogP contribution >= 0.6 is 0 Å². The fourth-order valence-corrected chi connectivity index (χ4v) is 5.73. The highest BCUT2D eigenvalue weighted by molar-refractivity contribution is 7.89. The van der Waals surface area contributed by atoms with Gasteiger partial charge < -0.3 is 15.0 Å². The highest BCUT2D eigenvalue weighted by Crippen LogP contribution is 2.21. The summed E-state index contributed by atoms with van der Waals surface area (Å²) in [4.78, 5) is 15.2. The highest BCUT2D eigenvalue weighted by Gasteiger charge is 2.32. The summed E-state index contributed by atoms with van der Waals surface area (Å²) in [6, 6.07) is 6.43. The van der Waals surface area contributed by atoms with Crippen molar-refractivity contribution >= 4 is 15.9 Å². The molecule has 0 saturated carbocycles. The number of ether oxygens (including phenoxy) is 1. The molecule has 7 nitrogen and oxygen atoms in total. The standard InChI is InChI=1S/C21H33N3O4S/c1-4-11-23-12-9-19(10-13-23)22-21(25)18-5-7-20(8-6-18)29(26,27)24-14-16(2)28-17(3)15-24/h5-8,16-17,19H,4,9-15H2,1-3H3,(H,22,25). The quantitative estimate of drug-likeness (QED) is 0.758. The monoisotopic (exact) mass is 423 g/mol. The molecule has 1 aromatic carbocycles. The molecule has 2 aliphatic rings. The van der Waals surface area contributed by atoms with Crippen LogP contribution in [0, 0.1) is 0 Å². The van der Waals surface area contributed by atoms with Gasteiger partial charge in [0.1, 0.15) is 0 Å². The first kappa shape index (κ1) is 22.2. The molecule has 0 radical (unpaired) electrons. The number of sulfonamides is 1. The molecule has 0 bridgehead atoms. The lowest BCUT2D eigenvalue weighted by Crippen LogP contribution is -2.48. The number of amides is 1. The van der Waals surface area contributed by atoms with Gasteiger partial charge in [0.05, 0.1) is 17.1 Å². The Labute approximate surface area is 174 Å². The number of carbonyl (C=O) groups is 1. The molecule has 3 rings (SSSR count). The van der Waals surface area contributed by atoms with Crippen molar-refractivity contribution in [1.82, 2.24) is 14.5 Å². The number of morpholine rings is 1. The van der Waals surface area contributed by atoms with E-state index in [-0.39, 0.29) is 29.1 Å². The maximum Gasteiger partial charge on any atom is 0.251 e. The Hall–Kier alpha value is -1.48. The van der Waals surface area contributed by atoms with Gasteiger partial charge in [-0.1, -0.05) is 6.92 Å². The minimum atomic E-state index is -3.59. The van der Waals surface area contributed by atoms with Crippen LogP contribution in [0.4, 0.5) is 0 Å². The van der Waals surface area contributed by atoms with Gasteiger partial charge in [-0.3, -0.25) is 4.79 Å². The second kappa shape index (κ2) is 9.55. The Morgan fingerprint density at radius 3 is 2.24 bits per heavy atom. The summed E-state index contributed by atoms with van der Waals surface area (Å²) < 4.78 is 32.9. The minimum absolute atomic E-state index is 0.137. The number of carbonyl (C=O) groups excluding carboxylic acids is 1. The predicted molar refractivity (Wildman–Crippen MR) is 112 cm³/mol. The van der Waals surface area contributed by atoms with E-state index in [1.165, 1.54) is 16.4 Å². The number of nitrogens with zero attached hydrogens (tertiary/aromatic N) is 2. The summed E-state index contributed by atoms with van der Waals surface area (Å²) in [6.45, 7) is 9.72. The molecule has 8 heteroatoms. The van der Waals surface area contributed by atoms with Crippen molar-refractivity contribution in [2.24, 2.45) is 0 Å². The van der Waals surface area contributed by atoms with Gasteiger partial charge in [0, 0.05) is 37.8 Å². The maximum atomic E-state index is 12.9. The van der Waals surface area contributed by atoms with Crippen LogP contribution in [-0.4, -0.2) is 74.5 Å². The zero-order valence-corrected chi connectivity index (χ0v) is 18.5. The number of rotatable bonds is 6. The Kier molecular flexibility index (Phi) is 7.32. The molecule has 2 unspecified atom stereocenters. The largest absolute Gasteiger partial charge is 0.373 e. The van der Waals surface area contributed by atoms with Crippen LogP contribution in [0.25, 0.3) is 0 Å². The van der Waals surface area contributed by atoms with E-state index in [0.717, 1.165) is 38.9 Å². The number of benzene rings is 1. The van der Waals surface area contributed by atoms with Crippen LogP contribution in [0.2, 0.25) is 0 Å². The third-order valence-corrected chi connectivity index (χ3v) is 7.45. The van der Waals surface area contributed by atoms with Crippen LogP contribution in [0.15, 0.2) is 29.2 Å². The van der Waals surface area contributed by atoms with Gasteiger partial charge in [0.25, 0.3) is 5.91 Å². The molecule has 2 atom stereocenters. The Morgan fingerprint density at radius 1 is 1.10 bits per heavy atom. The fraction of sp³-hybridized carbons (Fsp3) is 0.667. The molecule has 162 valence electrons. The van der Waals surface area contributed by atoms with Crippen LogP contribution in [-0.2, 0) is 14.8 Å². The molecular formula is C21H33N3O4S. The summed E-state index contributed by atoms with van der Waals surface area (Å²) in [7, 11) is -3.59. The Balaban J connectivity index is 1.60. The van der Waals surface area contributed by atoms with E-state index < -0.39 is 10.0 Å². The summed E-state index contributed by atoms with van der Waals surface area (Å²) in [5.74, 6) is -0.142. The van der Waals surface area contributed by atoms with E-state index >= 15 is 0 Å². The third kappa shape index (κ3) is 5.57. The van der Waals surface area contributed by atoms with Crippen molar-refractivity contribution in [2.45, 2.75) is 63.2 Å². The van der Waals surface area contributed by atoms with Crippen LogP contribution in [0.3, 0.4) is 0 Å². The topological polar surface area (TPSA) is 79.0 Å². The summed E-state index contributed by atoms with van der Waals surface area (Å²) in [6.07, 6.45) is 2.77. The number of hydrogen-bond acceptors (Lipinski definition) is 5. The normalized spacial score (nSPS) is 25.1. The number of likely N-dealkylation sites (tertiary alicyclic amines) is 1. The number of nitrogens with one attached hydrogen (secondary N) is 1. The van der Waals surface area contributed by atoms with Gasteiger partial charge >= 0.3 is 0 Å². The van der Waals surface area contributed by atoms with E-state index in [9.17, 15) is 13.2 Å². The van der Waals surface area contributed by atoms with E-state index in [0.29, 0.717) is 18.7 Å². The van der Waals surface area contributed by atoms with E-state index in [1.807, 2.05) is 13.8 Å². The zero-order chi connectivity index (χ0) is 21.0. The predicted octanol–water partition coefficient (Wildman–Crippen LogP) is 2.09. The zero-order valence-electron chi connectivity index (χ0n) is 17.6. The summed E-state index contributed by atoms with van der Waals surface area (Å²) in [5.41, 5.74) is 0.489. The summed E-state index contributed by atoms with van der Waals surface area (Å²) >= 11 is 0. The van der Waals surface area contributed by atoms with E-state index in [4.69, 9.17) is 4.74 Å². The van der Waals surface area contributed by atoms with Crippen molar-refractivity contribution < 1.29 is 17.9 Å². The molecule has 1 aromatic rings. The lowest BCUT2D eigenvalue weighted by atomic mass is 10.0. The van der Waals surface area contributed by atoms with E-state index in [2.05, 4.69) is 17.1 Å². The average molecular weight is 424 g/mol. The molecule has 0 aromatic heterocycles. The van der Waals surface area contributed by atoms with Gasteiger partial charge in [-0.2, -0.15) is 4.31 Å². The SMILES string of the molecule is CCCN1CCC(NC(=O)c2ccc(S(=O)(=O)N3CC(C)OC(C)C3)cc2)CC1. The third-order valence-electron chi connectivity index (χ3n) is 5.60. The van der Waals surface area contributed by atoms with Crippen molar-refractivity contribution in [3.05, 3.63) is 29.8 Å². The van der Waals surface area contributed by atoms with Crippen LogP contribution < -0.4 is 5.32 Å². The van der Waals surface area contributed by atoms with Gasteiger partial charge in [-0.15, -0.1) is 0 Å². The molecule has 2 heterocycles. The smallest absolute Gasteiger partial charge is 0.251 e.